The van der Waals surface area contributed by atoms with Crippen molar-refractivity contribution in [2.75, 3.05) is 31.2 Å². The predicted molar refractivity (Wildman–Crippen MR) is 117 cm³/mol. The quantitative estimate of drug-likeness (QED) is 0.536. The first-order valence-corrected chi connectivity index (χ1v) is 10.8. The summed E-state index contributed by atoms with van der Waals surface area (Å²) < 4.78 is 22.3. The number of ether oxygens (including phenoxy) is 1. The van der Waals surface area contributed by atoms with E-state index in [9.17, 15) is 5.11 Å². The number of fused-ring (bicyclic) bond motifs is 3. The van der Waals surface area contributed by atoms with Crippen molar-refractivity contribution in [2.45, 2.75) is 18.4 Å². The molecule has 7 nitrogen and oxygen atoms in total. The topological polar surface area (TPSA) is 75.8 Å². The second-order valence-corrected chi connectivity index (χ2v) is 8.23. The smallest absolute Gasteiger partial charge is 0.225 e. The van der Waals surface area contributed by atoms with Gasteiger partial charge in [-0.3, -0.25) is 0 Å². The molecule has 1 fully saturated rings. The van der Waals surface area contributed by atoms with Gasteiger partial charge in [0.25, 0.3) is 0 Å². The molecule has 0 radical (unpaired) electrons. The molecule has 2 aliphatic rings. The van der Waals surface area contributed by atoms with E-state index >= 15 is 4.39 Å². The lowest BCUT2D eigenvalue weighted by molar-refractivity contribution is 0.122. The molecular formula is C24H22FN5O2. The maximum atomic E-state index is 15.0. The van der Waals surface area contributed by atoms with Crippen LogP contribution in [0.3, 0.4) is 0 Å². The van der Waals surface area contributed by atoms with E-state index in [4.69, 9.17) is 4.74 Å². The maximum absolute atomic E-state index is 15.0. The summed E-state index contributed by atoms with van der Waals surface area (Å²) in [7, 11) is 0. The molecule has 0 saturated carbocycles. The highest BCUT2D eigenvalue weighted by molar-refractivity contribution is 5.65. The molecule has 1 aliphatic carbocycles. The van der Waals surface area contributed by atoms with Crippen LogP contribution in [0.1, 0.15) is 35.4 Å². The number of morpholine rings is 1. The number of imidazole rings is 1. The van der Waals surface area contributed by atoms with Crippen molar-refractivity contribution in [1.82, 2.24) is 19.4 Å². The van der Waals surface area contributed by atoms with Crippen LogP contribution >= 0.6 is 0 Å². The fourth-order valence-corrected chi connectivity index (χ4v) is 4.72. The number of anilines is 1. The summed E-state index contributed by atoms with van der Waals surface area (Å²) in [5.41, 5.74) is 4.12. The molecule has 2 atom stereocenters. The maximum Gasteiger partial charge on any atom is 0.225 e. The van der Waals surface area contributed by atoms with Crippen molar-refractivity contribution in [3.8, 4) is 11.1 Å². The minimum Gasteiger partial charge on any atom is -0.387 e. The van der Waals surface area contributed by atoms with E-state index in [0.717, 1.165) is 24.3 Å². The van der Waals surface area contributed by atoms with Gasteiger partial charge in [-0.1, -0.05) is 30.3 Å². The second-order valence-electron chi connectivity index (χ2n) is 8.23. The molecule has 1 saturated heterocycles. The summed E-state index contributed by atoms with van der Waals surface area (Å²) >= 11 is 0. The largest absolute Gasteiger partial charge is 0.387 e. The number of nitrogens with zero attached hydrogens (tertiary/aromatic N) is 5. The SMILES string of the molecule is O[C@@H]1C[C@H](c2ccccc2)c2c1nc1cc(F)c(-c3cnc(N4CCOCC4)nc3)cn21. The van der Waals surface area contributed by atoms with Gasteiger partial charge in [-0.25, -0.2) is 19.3 Å². The van der Waals surface area contributed by atoms with E-state index in [0.29, 0.717) is 48.1 Å². The Kier molecular flexibility index (Phi) is 4.62. The van der Waals surface area contributed by atoms with Crippen LogP contribution in [0, 0.1) is 5.82 Å². The molecule has 3 aromatic heterocycles. The molecule has 0 amide bonds. The van der Waals surface area contributed by atoms with Crippen LogP contribution in [0.15, 0.2) is 55.0 Å². The van der Waals surface area contributed by atoms with Crippen molar-refractivity contribution in [3.63, 3.8) is 0 Å². The van der Waals surface area contributed by atoms with Gasteiger partial charge in [0.15, 0.2) is 0 Å². The number of aromatic nitrogens is 4. The molecule has 0 bridgehead atoms. The lowest BCUT2D eigenvalue weighted by Gasteiger charge is -2.26. The molecular weight excluding hydrogens is 409 g/mol. The molecule has 4 aromatic rings. The third-order valence-corrected chi connectivity index (χ3v) is 6.32. The highest BCUT2D eigenvalue weighted by Gasteiger charge is 2.36. The highest BCUT2D eigenvalue weighted by Crippen LogP contribution is 2.44. The summed E-state index contributed by atoms with van der Waals surface area (Å²) in [4.78, 5) is 15.5. The predicted octanol–water partition coefficient (Wildman–Crippen LogP) is 3.34. The molecule has 1 aliphatic heterocycles. The van der Waals surface area contributed by atoms with Crippen molar-refractivity contribution in [2.24, 2.45) is 0 Å². The Morgan fingerprint density at radius 1 is 1.06 bits per heavy atom. The number of hydrogen-bond acceptors (Lipinski definition) is 6. The zero-order valence-corrected chi connectivity index (χ0v) is 17.4. The van der Waals surface area contributed by atoms with Crippen LogP contribution in [-0.4, -0.2) is 50.8 Å². The molecule has 0 spiro atoms. The number of benzene rings is 1. The highest BCUT2D eigenvalue weighted by atomic mass is 19.1. The van der Waals surface area contributed by atoms with Crippen LogP contribution in [-0.2, 0) is 4.74 Å². The number of hydrogen-bond donors (Lipinski definition) is 1. The Hall–Kier alpha value is -3.36. The fourth-order valence-electron chi connectivity index (χ4n) is 4.72. The van der Waals surface area contributed by atoms with Gasteiger partial charge in [0, 0.05) is 54.8 Å². The zero-order valence-electron chi connectivity index (χ0n) is 17.4. The lowest BCUT2D eigenvalue weighted by atomic mass is 9.96. The van der Waals surface area contributed by atoms with E-state index in [2.05, 4.69) is 32.0 Å². The van der Waals surface area contributed by atoms with Crippen molar-refractivity contribution >= 4 is 11.6 Å². The number of aliphatic hydroxyl groups is 1. The van der Waals surface area contributed by atoms with Gasteiger partial charge < -0.3 is 19.1 Å². The van der Waals surface area contributed by atoms with Gasteiger partial charge in [0.2, 0.25) is 5.95 Å². The standard InChI is InChI=1S/C24H22FN5O2/c25-19-11-21-28-22-20(31)10-17(15-4-2-1-3-5-15)23(22)30(21)14-18(19)16-12-26-24(27-13-16)29-6-8-32-9-7-29/h1-5,11-14,17,20,31H,6-10H2/t17-,20-/m1/s1. The van der Waals surface area contributed by atoms with Crippen LogP contribution in [0.2, 0.25) is 0 Å². The Morgan fingerprint density at radius 2 is 1.81 bits per heavy atom. The van der Waals surface area contributed by atoms with Crippen LogP contribution in [0.5, 0.6) is 0 Å². The zero-order chi connectivity index (χ0) is 21.7. The van der Waals surface area contributed by atoms with Gasteiger partial charge in [-0.2, -0.15) is 0 Å². The Bertz CT molecular complexity index is 1270. The molecule has 1 aromatic carbocycles. The van der Waals surface area contributed by atoms with E-state index < -0.39 is 11.9 Å². The summed E-state index contributed by atoms with van der Waals surface area (Å²) in [5.74, 6) is 0.221. The van der Waals surface area contributed by atoms with Gasteiger partial charge >= 0.3 is 0 Å². The average molecular weight is 431 g/mol. The van der Waals surface area contributed by atoms with Crippen LogP contribution < -0.4 is 4.90 Å². The average Bonchev–Trinajstić information content (AvgIpc) is 3.36. The molecule has 8 heteroatoms. The van der Waals surface area contributed by atoms with Gasteiger partial charge in [-0.15, -0.1) is 0 Å². The molecule has 6 rings (SSSR count). The van der Waals surface area contributed by atoms with Crippen LogP contribution in [0.4, 0.5) is 10.3 Å². The minimum absolute atomic E-state index is 0.00513. The van der Waals surface area contributed by atoms with Gasteiger partial charge in [0.1, 0.15) is 11.5 Å². The van der Waals surface area contributed by atoms with E-state index in [1.165, 1.54) is 6.07 Å². The second kappa shape index (κ2) is 7.65. The Morgan fingerprint density at radius 3 is 2.56 bits per heavy atom. The molecule has 4 heterocycles. The third kappa shape index (κ3) is 3.14. The van der Waals surface area contributed by atoms with Crippen molar-refractivity contribution in [3.05, 3.63) is 77.8 Å². The lowest BCUT2D eigenvalue weighted by Crippen LogP contribution is -2.37. The molecule has 32 heavy (non-hydrogen) atoms. The van der Waals surface area contributed by atoms with Gasteiger partial charge in [-0.05, 0) is 12.0 Å². The van der Waals surface area contributed by atoms with Crippen molar-refractivity contribution in [1.29, 1.82) is 0 Å². The normalized spacial score (nSPS) is 20.6. The first-order valence-electron chi connectivity index (χ1n) is 10.8. The Labute approximate surface area is 184 Å². The number of rotatable bonds is 3. The fraction of sp³-hybridized carbons (Fsp3) is 0.292. The summed E-state index contributed by atoms with van der Waals surface area (Å²) in [5, 5.41) is 10.6. The number of halogens is 1. The first kappa shape index (κ1) is 19.3. The summed E-state index contributed by atoms with van der Waals surface area (Å²) in [6, 6.07) is 11.5. The first-order chi connectivity index (χ1) is 15.7. The molecule has 0 unspecified atom stereocenters. The number of aliphatic hydroxyl groups excluding tert-OH is 1. The van der Waals surface area contributed by atoms with Crippen molar-refractivity contribution < 1.29 is 14.2 Å². The summed E-state index contributed by atoms with van der Waals surface area (Å²) in [6.45, 7) is 2.78. The third-order valence-electron chi connectivity index (χ3n) is 6.32. The van der Waals surface area contributed by atoms with Crippen LogP contribution in [0.25, 0.3) is 16.8 Å². The van der Waals surface area contributed by atoms with E-state index in [-0.39, 0.29) is 5.92 Å². The monoisotopic (exact) mass is 431 g/mol. The minimum atomic E-state index is -0.669. The number of pyridine rings is 1. The molecule has 162 valence electrons. The van der Waals surface area contributed by atoms with E-state index in [1.807, 2.05) is 22.6 Å². The summed E-state index contributed by atoms with van der Waals surface area (Å²) in [6.07, 6.45) is 4.95. The Balaban J connectivity index is 1.42. The van der Waals surface area contributed by atoms with E-state index in [1.54, 1.807) is 18.6 Å². The molecule has 1 N–H and O–H groups in total. The van der Waals surface area contributed by atoms with Gasteiger partial charge in [0.05, 0.1) is 30.7 Å².